The van der Waals surface area contributed by atoms with E-state index >= 15 is 0 Å². The molecule has 4 N–H and O–H groups in total. The summed E-state index contributed by atoms with van der Waals surface area (Å²) in [6.45, 7) is 0.945. The maximum atomic E-state index is 12.5. The Hall–Kier alpha value is -3.11. The van der Waals surface area contributed by atoms with E-state index in [4.69, 9.17) is 5.73 Å². The van der Waals surface area contributed by atoms with Crippen LogP contribution in [0.15, 0.2) is 84.9 Å². The summed E-state index contributed by atoms with van der Waals surface area (Å²) in [5.74, 6) is 0. The zero-order valence-electron chi connectivity index (χ0n) is 14.6. The SMILES string of the molecule is NCc1cccc(CNC(=O)NC(c2ccccc2)c2ccccc2)c1. The Labute approximate surface area is 154 Å². The second-order valence-electron chi connectivity index (χ2n) is 6.11. The average Bonchev–Trinajstić information content (AvgIpc) is 2.72. The van der Waals surface area contributed by atoms with E-state index in [-0.39, 0.29) is 12.1 Å². The first-order chi connectivity index (χ1) is 12.8. The Bertz CT molecular complexity index is 795. The number of carbonyl (C=O) groups excluding carboxylic acids is 1. The first-order valence-electron chi connectivity index (χ1n) is 8.68. The average molecular weight is 345 g/mol. The van der Waals surface area contributed by atoms with Crippen LogP contribution in [-0.4, -0.2) is 6.03 Å². The van der Waals surface area contributed by atoms with Crippen LogP contribution in [0.4, 0.5) is 4.79 Å². The van der Waals surface area contributed by atoms with Crippen LogP contribution >= 0.6 is 0 Å². The van der Waals surface area contributed by atoms with Crippen LogP contribution in [0.1, 0.15) is 28.3 Å². The molecule has 3 aromatic carbocycles. The van der Waals surface area contributed by atoms with E-state index in [1.165, 1.54) is 0 Å². The highest BCUT2D eigenvalue weighted by Gasteiger charge is 2.16. The second kappa shape index (κ2) is 8.83. The van der Waals surface area contributed by atoms with Gasteiger partial charge >= 0.3 is 6.03 Å². The normalized spacial score (nSPS) is 10.5. The molecule has 0 saturated heterocycles. The number of benzene rings is 3. The van der Waals surface area contributed by atoms with Gasteiger partial charge in [-0.2, -0.15) is 0 Å². The highest BCUT2D eigenvalue weighted by molar-refractivity contribution is 5.75. The number of nitrogens with two attached hydrogens (primary N) is 1. The predicted octanol–water partition coefficient (Wildman–Crippen LogP) is 3.73. The van der Waals surface area contributed by atoms with Crippen LogP contribution in [0.25, 0.3) is 0 Å². The molecule has 0 spiro atoms. The lowest BCUT2D eigenvalue weighted by atomic mass is 9.99. The van der Waals surface area contributed by atoms with Crippen LogP contribution in [0.3, 0.4) is 0 Å². The van der Waals surface area contributed by atoms with Gasteiger partial charge in [0.1, 0.15) is 0 Å². The molecule has 0 unspecified atom stereocenters. The van der Waals surface area contributed by atoms with Gasteiger partial charge < -0.3 is 16.4 Å². The van der Waals surface area contributed by atoms with Gasteiger partial charge in [-0.05, 0) is 22.3 Å². The van der Waals surface area contributed by atoms with Gasteiger partial charge in [-0.15, -0.1) is 0 Å². The fourth-order valence-corrected chi connectivity index (χ4v) is 2.88. The van der Waals surface area contributed by atoms with E-state index in [1.807, 2.05) is 84.9 Å². The summed E-state index contributed by atoms with van der Waals surface area (Å²) in [7, 11) is 0. The molecule has 0 radical (unpaired) electrons. The van der Waals surface area contributed by atoms with Gasteiger partial charge in [-0.25, -0.2) is 4.79 Å². The van der Waals surface area contributed by atoms with Crippen molar-refractivity contribution in [1.29, 1.82) is 0 Å². The van der Waals surface area contributed by atoms with E-state index in [0.717, 1.165) is 22.3 Å². The van der Waals surface area contributed by atoms with Crippen molar-refractivity contribution in [2.24, 2.45) is 5.73 Å². The van der Waals surface area contributed by atoms with E-state index in [9.17, 15) is 4.79 Å². The molecule has 2 amide bonds. The Kier molecular flexibility index (Phi) is 6.01. The molecule has 132 valence electrons. The van der Waals surface area contributed by atoms with Gasteiger partial charge in [0, 0.05) is 13.1 Å². The predicted molar refractivity (Wildman–Crippen MR) is 104 cm³/mol. The zero-order valence-corrected chi connectivity index (χ0v) is 14.6. The van der Waals surface area contributed by atoms with Crippen molar-refractivity contribution in [2.75, 3.05) is 0 Å². The van der Waals surface area contributed by atoms with Gasteiger partial charge in [0.2, 0.25) is 0 Å². The standard InChI is InChI=1S/C22H23N3O/c23-15-17-8-7-9-18(14-17)16-24-22(26)25-21(19-10-3-1-4-11-19)20-12-5-2-6-13-20/h1-14,21H,15-16,23H2,(H2,24,25,26). The first kappa shape index (κ1) is 17.7. The molecule has 0 saturated carbocycles. The minimum absolute atomic E-state index is 0.201. The quantitative estimate of drug-likeness (QED) is 0.637. The molecular weight excluding hydrogens is 322 g/mol. The second-order valence-corrected chi connectivity index (χ2v) is 6.11. The Morgan fingerprint density at radius 2 is 1.38 bits per heavy atom. The van der Waals surface area contributed by atoms with Crippen molar-refractivity contribution in [2.45, 2.75) is 19.1 Å². The summed E-state index contributed by atoms with van der Waals surface area (Å²) in [5.41, 5.74) is 9.83. The van der Waals surface area contributed by atoms with Crippen LogP contribution in [0.5, 0.6) is 0 Å². The van der Waals surface area contributed by atoms with E-state index in [2.05, 4.69) is 10.6 Å². The highest BCUT2D eigenvalue weighted by atomic mass is 16.2. The topological polar surface area (TPSA) is 67.1 Å². The largest absolute Gasteiger partial charge is 0.334 e. The fraction of sp³-hybridized carbons (Fsp3) is 0.136. The van der Waals surface area contributed by atoms with Gasteiger partial charge in [0.15, 0.2) is 0 Å². The molecule has 4 nitrogen and oxygen atoms in total. The minimum atomic E-state index is -0.208. The molecule has 0 bridgehead atoms. The highest BCUT2D eigenvalue weighted by Crippen LogP contribution is 2.21. The molecule has 3 rings (SSSR count). The lowest BCUT2D eigenvalue weighted by molar-refractivity contribution is 0.238. The molecule has 0 aliphatic carbocycles. The number of hydrogen-bond acceptors (Lipinski definition) is 2. The lowest BCUT2D eigenvalue weighted by Gasteiger charge is -2.20. The van der Waals surface area contributed by atoms with E-state index in [0.29, 0.717) is 13.1 Å². The third-order valence-electron chi connectivity index (χ3n) is 4.22. The molecule has 3 aromatic rings. The summed E-state index contributed by atoms with van der Waals surface area (Å²) >= 11 is 0. The number of carbonyl (C=O) groups is 1. The molecule has 0 aromatic heterocycles. The fourth-order valence-electron chi connectivity index (χ4n) is 2.88. The van der Waals surface area contributed by atoms with Crippen molar-refractivity contribution in [1.82, 2.24) is 10.6 Å². The minimum Gasteiger partial charge on any atom is -0.334 e. The summed E-state index contributed by atoms with van der Waals surface area (Å²) in [4.78, 5) is 12.5. The zero-order chi connectivity index (χ0) is 18.2. The summed E-state index contributed by atoms with van der Waals surface area (Å²) in [6.07, 6.45) is 0. The number of nitrogens with one attached hydrogen (secondary N) is 2. The van der Waals surface area contributed by atoms with Crippen LogP contribution in [0.2, 0.25) is 0 Å². The molecule has 0 fully saturated rings. The summed E-state index contributed by atoms with van der Waals surface area (Å²) in [6, 6.07) is 27.4. The van der Waals surface area contributed by atoms with E-state index < -0.39 is 0 Å². The number of rotatable bonds is 6. The number of amides is 2. The van der Waals surface area contributed by atoms with Crippen molar-refractivity contribution in [3.8, 4) is 0 Å². The van der Waals surface area contributed by atoms with Gasteiger partial charge in [0.25, 0.3) is 0 Å². The van der Waals surface area contributed by atoms with Crippen LogP contribution < -0.4 is 16.4 Å². The summed E-state index contributed by atoms with van der Waals surface area (Å²) < 4.78 is 0. The Morgan fingerprint density at radius 3 is 1.96 bits per heavy atom. The monoisotopic (exact) mass is 345 g/mol. The first-order valence-corrected chi connectivity index (χ1v) is 8.68. The Morgan fingerprint density at radius 1 is 0.808 bits per heavy atom. The third kappa shape index (κ3) is 4.71. The van der Waals surface area contributed by atoms with Crippen molar-refractivity contribution >= 4 is 6.03 Å². The molecular formula is C22H23N3O. The molecule has 4 heteroatoms. The summed E-state index contributed by atoms with van der Waals surface area (Å²) in [5, 5.41) is 6.00. The maximum Gasteiger partial charge on any atom is 0.315 e. The third-order valence-corrected chi connectivity index (χ3v) is 4.22. The van der Waals surface area contributed by atoms with Gasteiger partial charge in [-0.3, -0.25) is 0 Å². The van der Waals surface area contributed by atoms with Crippen molar-refractivity contribution in [3.05, 3.63) is 107 Å². The van der Waals surface area contributed by atoms with Crippen LogP contribution in [-0.2, 0) is 13.1 Å². The molecule has 0 aliphatic heterocycles. The molecule has 0 aliphatic rings. The molecule has 0 atom stereocenters. The number of hydrogen-bond donors (Lipinski definition) is 3. The number of urea groups is 1. The maximum absolute atomic E-state index is 12.5. The lowest BCUT2D eigenvalue weighted by Crippen LogP contribution is -2.38. The smallest absolute Gasteiger partial charge is 0.315 e. The van der Waals surface area contributed by atoms with Gasteiger partial charge in [0.05, 0.1) is 6.04 Å². The van der Waals surface area contributed by atoms with Crippen molar-refractivity contribution < 1.29 is 4.79 Å². The Balaban J connectivity index is 1.69. The molecule has 0 heterocycles. The molecule has 26 heavy (non-hydrogen) atoms. The van der Waals surface area contributed by atoms with Gasteiger partial charge in [-0.1, -0.05) is 84.9 Å². The van der Waals surface area contributed by atoms with Crippen molar-refractivity contribution in [3.63, 3.8) is 0 Å². The van der Waals surface area contributed by atoms with E-state index in [1.54, 1.807) is 0 Å². The van der Waals surface area contributed by atoms with Crippen LogP contribution in [0, 0.1) is 0 Å².